The van der Waals surface area contributed by atoms with Gasteiger partial charge in [0.15, 0.2) is 0 Å². The molecule has 0 aliphatic heterocycles. The molecule has 0 saturated heterocycles. The smallest absolute Gasteiger partial charge is 0.460 e. The third kappa shape index (κ3) is 4.27. The highest BCUT2D eigenvalue weighted by Gasteiger charge is 2.88. The number of alkyl halides is 11. The zero-order valence-corrected chi connectivity index (χ0v) is 12.5. The van der Waals surface area contributed by atoms with Crippen LogP contribution < -0.4 is 0 Å². The molecule has 0 radical (unpaired) electrons. The second kappa shape index (κ2) is 7.52. The lowest BCUT2D eigenvalue weighted by molar-refractivity contribution is -0.418. The predicted octanol–water partition coefficient (Wildman–Crippen LogP) is 5.21. The van der Waals surface area contributed by atoms with Gasteiger partial charge < -0.3 is 4.74 Å². The summed E-state index contributed by atoms with van der Waals surface area (Å²) in [5.74, 6) is -32.4. The van der Waals surface area contributed by atoms with Crippen molar-refractivity contribution < 1.29 is 57.8 Å². The number of esters is 1. The molecular weight excluding hydrogens is 385 g/mol. The summed E-state index contributed by atoms with van der Waals surface area (Å²) >= 11 is 0. The van der Waals surface area contributed by atoms with E-state index in [1.807, 2.05) is 0 Å². The second-order valence-electron chi connectivity index (χ2n) is 4.99. The Balaban J connectivity index is 5.41. The number of carbonyl (C=O) groups is 1. The molecule has 0 atom stereocenters. The third-order valence-corrected chi connectivity index (χ3v) is 3.03. The Morgan fingerprint density at radius 3 is 1.60 bits per heavy atom. The molecule has 150 valence electrons. The molecule has 0 aromatic rings. The molecule has 0 N–H and O–H groups in total. The van der Waals surface area contributed by atoms with Crippen molar-refractivity contribution in [3.05, 3.63) is 0 Å². The molecule has 0 aliphatic carbocycles. The maximum absolute atomic E-state index is 13.2. The lowest BCUT2D eigenvalue weighted by Crippen LogP contribution is -2.68. The van der Waals surface area contributed by atoms with Crippen LogP contribution in [-0.2, 0) is 9.53 Å². The lowest BCUT2D eigenvalue weighted by atomic mass is 9.98. The Kier molecular flexibility index (Phi) is 7.13. The number of unbranched alkanes of at least 4 members (excludes halogenated alkanes) is 3. The molecule has 0 heterocycles. The fourth-order valence-corrected chi connectivity index (χ4v) is 1.48. The largest absolute Gasteiger partial charge is 0.461 e. The normalized spacial score (nSPS) is 14.6. The molecule has 0 spiro atoms. The van der Waals surface area contributed by atoms with Gasteiger partial charge in [0.25, 0.3) is 0 Å². The summed E-state index contributed by atoms with van der Waals surface area (Å²) < 4.78 is 143. The van der Waals surface area contributed by atoms with Crippen LogP contribution in [0.4, 0.5) is 48.3 Å². The van der Waals surface area contributed by atoms with Crippen LogP contribution in [0.3, 0.4) is 0 Å². The predicted molar refractivity (Wildman–Crippen MR) is 60.9 cm³/mol. The van der Waals surface area contributed by atoms with Gasteiger partial charge in [0.2, 0.25) is 0 Å². The van der Waals surface area contributed by atoms with Gasteiger partial charge in [-0.15, -0.1) is 0 Å². The van der Waals surface area contributed by atoms with Gasteiger partial charge in [0.1, 0.15) is 0 Å². The van der Waals surface area contributed by atoms with Crippen molar-refractivity contribution in [2.75, 3.05) is 6.61 Å². The van der Waals surface area contributed by atoms with Crippen molar-refractivity contribution >= 4 is 5.97 Å². The number of ether oxygens (including phenoxy) is 1. The molecule has 2 nitrogen and oxygen atoms in total. The first kappa shape index (κ1) is 23.7. The van der Waals surface area contributed by atoms with Gasteiger partial charge in [-0.3, -0.25) is 0 Å². The Morgan fingerprint density at radius 1 is 0.720 bits per heavy atom. The molecule has 0 rings (SSSR count). The first-order valence-electron chi connectivity index (χ1n) is 6.73. The highest BCUT2D eigenvalue weighted by atomic mass is 19.4. The standard InChI is InChI=1S/C12H13F11O2/c1-2-3-4-5-6-25-7(24)8(13,14)9(15,16)10(17,18)11(19,20)12(21,22)23/h2-6H2,1H3. The first-order valence-corrected chi connectivity index (χ1v) is 6.73. The number of hydrogen-bond acceptors (Lipinski definition) is 2. The van der Waals surface area contributed by atoms with Gasteiger partial charge in [-0.05, 0) is 6.42 Å². The minimum atomic E-state index is -7.61. The number of halogens is 11. The molecule has 0 fully saturated rings. The summed E-state index contributed by atoms with van der Waals surface area (Å²) in [4.78, 5) is 10.9. The van der Waals surface area contributed by atoms with Gasteiger partial charge >= 0.3 is 35.8 Å². The van der Waals surface area contributed by atoms with Gasteiger partial charge in [-0.25, -0.2) is 4.79 Å². The first-order chi connectivity index (χ1) is 11.0. The van der Waals surface area contributed by atoms with Crippen molar-refractivity contribution in [3.63, 3.8) is 0 Å². The summed E-state index contributed by atoms with van der Waals surface area (Å²) in [6.07, 6.45) is -5.94. The highest BCUT2D eigenvalue weighted by Crippen LogP contribution is 2.57. The van der Waals surface area contributed by atoms with Crippen LogP contribution in [0, 0.1) is 0 Å². The van der Waals surface area contributed by atoms with Crippen molar-refractivity contribution in [2.24, 2.45) is 0 Å². The van der Waals surface area contributed by atoms with Crippen LogP contribution in [-0.4, -0.2) is 42.4 Å². The van der Waals surface area contributed by atoms with Crippen LogP contribution in [0.25, 0.3) is 0 Å². The maximum Gasteiger partial charge on any atom is 0.460 e. The van der Waals surface area contributed by atoms with Crippen LogP contribution in [0.15, 0.2) is 0 Å². The Labute approximate surface area is 134 Å². The topological polar surface area (TPSA) is 26.3 Å². The molecule has 25 heavy (non-hydrogen) atoms. The molecule has 0 aliphatic rings. The monoisotopic (exact) mass is 398 g/mol. The summed E-state index contributed by atoms with van der Waals surface area (Å²) in [6, 6.07) is 0. The third-order valence-electron chi connectivity index (χ3n) is 3.03. The van der Waals surface area contributed by atoms with E-state index < -0.39 is 42.4 Å². The molecular formula is C12H13F11O2. The van der Waals surface area contributed by atoms with E-state index >= 15 is 0 Å². The van der Waals surface area contributed by atoms with Gasteiger partial charge in [-0.2, -0.15) is 48.3 Å². The van der Waals surface area contributed by atoms with Crippen molar-refractivity contribution in [2.45, 2.75) is 62.5 Å². The van der Waals surface area contributed by atoms with Crippen molar-refractivity contribution in [1.82, 2.24) is 0 Å². The van der Waals surface area contributed by atoms with Crippen molar-refractivity contribution in [3.8, 4) is 0 Å². The molecule has 13 heteroatoms. The molecule has 0 bridgehead atoms. The average Bonchev–Trinajstić information content (AvgIpc) is 2.44. The van der Waals surface area contributed by atoms with Gasteiger partial charge in [0, 0.05) is 0 Å². The number of carbonyl (C=O) groups excluding carboxylic acids is 1. The minimum absolute atomic E-state index is 0.129. The van der Waals surface area contributed by atoms with E-state index in [1.54, 1.807) is 6.92 Å². The highest BCUT2D eigenvalue weighted by molar-refractivity contribution is 5.79. The Bertz CT molecular complexity index is 456. The van der Waals surface area contributed by atoms with E-state index in [2.05, 4.69) is 4.74 Å². The minimum Gasteiger partial charge on any atom is -0.461 e. The Hall–Kier alpha value is -1.30. The van der Waals surface area contributed by atoms with Gasteiger partial charge in [-0.1, -0.05) is 26.2 Å². The lowest BCUT2D eigenvalue weighted by Gasteiger charge is -2.36. The molecule has 0 unspecified atom stereocenters. The summed E-state index contributed by atoms with van der Waals surface area (Å²) in [7, 11) is 0. The van der Waals surface area contributed by atoms with E-state index in [1.165, 1.54) is 0 Å². The van der Waals surface area contributed by atoms with Crippen LogP contribution >= 0.6 is 0 Å². The second-order valence-corrected chi connectivity index (χ2v) is 4.99. The summed E-state index contributed by atoms with van der Waals surface area (Å²) in [5, 5.41) is 0. The molecule has 0 aromatic heterocycles. The molecule has 0 saturated carbocycles. The number of rotatable bonds is 9. The van der Waals surface area contributed by atoms with E-state index in [0.717, 1.165) is 0 Å². The molecule has 0 aromatic carbocycles. The SMILES string of the molecule is CCCCCCOC(=O)C(F)(F)C(F)(F)C(F)(F)C(F)(F)C(F)(F)F. The van der Waals surface area contributed by atoms with Crippen LogP contribution in [0.5, 0.6) is 0 Å². The summed E-state index contributed by atoms with van der Waals surface area (Å²) in [6.45, 7) is 0.801. The van der Waals surface area contributed by atoms with E-state index in [9.17, 15) is 53.1 Å². The number of hydrogen-bond donors (Lipinski definition) is 0. The zero-order valence-electron chi connectivity index (χ0n) is 12.5. The van der Waals surface area contributed by atoms with Crippen LogP contribution in [0.2, 0.25) is 0 Å². The van der Waals surface area contributed by atoms with E-state index in [-0.39, 0.29) is 12.8 Å². The quantitative estimate of drug-likeness (QED) is 0.303. The average molecular weight is 398 g/mol. The van der Waals surface area contributed by atoms with Gasteiger partial charge in [0.05, 0.1) is 6.61 Å². The fourth-order valence-electron chi connectivity index (χ4n) is 1.48. The zero-order chi connectivity index (χ0) is 20.3. The van der Waals surface area contributed by atoms with E-state index in [0.29, 0.717) is 12.8 Å². The molecule has 0 amide bonds. The maximum atomic E-state index is 13.2. The summed E-state index contributed by atoms with van der Waals surface area (Å²) in [5.41, 5.74) is 0. The van der Waals surface area contributed by atoms with Crippen LogP contribution in [0.1, 0.15) is 32.6 Å². The van der Waals surface area contributed by atoms with E-state index in [4.69, 9.17) is 0 Å². The fraction of sp³-hybridized carbons (Fsp3) is 0.917. The Morgan fingerprint density at radius 2 is 1.20 bits per heavy atom. The van der Waals surface area contributed by atoms with Crippen molar-refractivity contribution in [1.29, 1.82) is 0 Å².